The first-order chi connectivity index (χ1) is 18.3. The number of fused-ring (bicyclic) bond motifs is 1. The first kappa shape index (κ1) is 25.5. The quantitative estimate of drug-likeness (QED) is 0.301. The number of carbonyl (C=O) groups is 1. The SMILES string of the molecule is COCCCc1sc(C(F)(F)F)nc1-c1nnc(N[C@H]2N=C(c3ccccc3)c3ccccc3NC2=O)o1. The number of alkyl halides is 3. The molecule has 1 aliphatic heterocycles. The highest BCUT2D eigenvalue weighted by Gasteiger charge is 2.37. The van der Waals surface area contributed by atoms with Gasteiger partial charge in [-0.2, -0.15) is 13.2 Å². The molecule has 0 radical (unpaired) electrons. The fraction of sp³-hybridized carbons (Fsp3) is 0.240. The van der Waals surface area contributed by atoms with Gasteiger partial charge in [0.25, 0.3) is 11.8 Å². The molecule has 0 saturated carbocycles. The van der Waals surface area contributed by atoms with Crippen molar-refractivity contribution in [1.29, 1.82) is 0 Å². The Hall–Kier alpha value is -4.10. The number of amides is 1. The highest BCUT2D eigenvalue weighted by molar-refractivity contribution is 7.12. The minimum absolute atomic E-state index is 0.0508. The number of para-hydroxylation sites is 1. The number of nitrogens with zero attached hydrogens (tertiary/aromatic N) is 4. The number of aromatic nitrogens is 3. The van der Waals surface area contributed by atoms with Crippen molar-refractivity contribution >= 4 is 34.7 Å². The van der Waals surface area contributed by atoms with Crippen LogP contribution < -0.4 is 10.6 Å². The average Bonchev–Trinajstić information content (AvgIpc) is 3.51. The van der Waals surface area contributed by atoms with Gasteiger partial charge in [0.05, 0.1) is 11.4 Å². The highest BCUT2D eigenvalue weighted by Crippen LogP contribution is 2.38. The highest BCUT2D eigenvalue weighted by atomic mass is 32.1. The molecule has 9 nitrogen and oxygen atoms in total. The maximum atomic E-state index is 13.4. The lowest BCUT2D eigenvalue weighted by Gasteiger charge is -2.11. The maximum absolute atomic E-state index is 13.4. The van der Waals surface area contributed by atoms with E-state index in [-0.39, 0.29) is 24.0 Å². The summed E-state index contributed by atoms with van der Waals surface area (Å²) in [6, 6.07) is 16.4. The number of methoxy groups -OCH3 is 1. The van der Waals surface area contributed by atoms with Gasteiger partial charge in [0, 0.05) is 29.7 Å². The van der Waals surface area contributed by atoms with Gasteiger partial charge in [-0.1, -0.05) is 53.6 Å². The molecule has 0 saturated heterocycles. The first-order valence-electron chi connectivity index (χ1n) is 11.5. The molecule has 0 aliphatic carbocycles. The summed E-state index contributed by atoms with van der Waals surface area (Å²) in [5, 5.41) is 12.4. The molecular formula is C25H21F3N6O3S. The zero-order valence-corrected chi connectivity index (χ0v) is 20.8. The largest absolute Gasteiger partial charge is 0.443 e. The van der Waals surface area contributed by atoms with E-state index in [0.29, 0.717) is 40.6 Å². The first-order valence-corrected chi connectivity index (χ1v) is 12.3. The van der Waals surface area contributed by atoms with Gasteiger partial charge in [-0.15, -0.1) is 16.4 Å². The molecule has 38 heavy (non-hydrogen) atoms. The van der Waals surface area contributed by atoms with Crippen LogP contribution in [-0.4, -0.2) is 46.7 Å². The molecular weight excluding hydrogens is 521 g/mol. The second-order valence-corrected chi connectivity index (χ2v) is 9.31. The molecule has 0 bridgehead atoms. The number of carbonyl (C=O) groups excluding carboxylic acids is 1. The van der Waals surface area contributed by atoms with Gasteiger partial charge in [-0.25, -0.2) is 9.98 Å². The molecule has 2 aromatic heterocycles. The topological polar surface area (TPSA) is 115 Å². The van der Waals surface area contributed by atoms with Crippen LogP contribution in [0.1, 0.15) is 27.4 Å². The van der Waals surface area contributed by atoms with Gasteiger partial charge in [-0.3, -0.25) is 4.79 Å². The molecule has 1 atom stereocenters. The number of hydrogen-bond donors (Lipinski definition) is 2. The fourth-order valence-electron chi connectivity index (χ4n) is 3.86. The summed E-state index contributed by atoms with van der Waals surface area (Å²) in [5.74, 6) is -0.673. The summed E-state index contributed by atoms with van der Waals surface area (Å²) >= 11 is 0.525. The van der Waals surface area contributed by atoms with Gasteiger partial charge >= 0.3 is 12.2 Å². The molecule has 4 aromatic rings. The number of thiazole rings is 1. The van der Waals surface area contributed by atoms with Crippen LogP contribution in [0, 0.1) is 0 Å². The second kappa shape index (κ2) is 10.7. The van der Waals surface area contributed by atoms with E-state index in [4.69, 9.17) is 9.15 Å². The molecule has 1 amide bonds. The van der Waals surface area contributed by atoms with Gasteiger partial charge in [-0.05, 0) is 18.9 Å². The van der Waals surface area contributed by atoms with Crippen molar-refractivity contribution < 1.29 is 27.1 Å². The number of aryl methyl sites for hydroxylation is 1. The number of ether oxygens (including phenoxy) is 1. The number of anilines is 2. The third-order valence-electron chi connectivity index (χ3n) is 5.57. The van der Waals surface area contributed by atoms with Gasteiger partial charge in [0.2, 0.25) is 6.17 Å². The van der Waals surface area contributed by atoms with E-state index < -0.39 is 23.3 Å². The van der Waals surface area contributed by atoms with E-state index in [1.807, 2.05) is 42.5 Å². The second-order valence-electron chi connectivity index (χ2n) is 8.22. The van der Waals surface area contributed by atoms with Gasteiger partial charge < -0.3 is 19.8 Å². The van der Waals surface area contributed by atoms with Crippen LogP contribution in [0.3, 0.4) is 0 Å². The van der Waals surface area contributed by atoms with Crippen molar-refractivity contribution in [2.75, 3.05) is 24.4 Å². The summed E-state index contributed by atoms with van der Waals surface area (Å²) < 4.78 is 50.7. The van der Waals surface area contributed by atoms with Crippen LogP contribution in [0.2, 0.25) is 0 Å². The molecule has 3 heterocycles. The van der Waals surface area contributed by atoms with Crippen LogP contribution in [0.25, 0.3) is 11.6 Å². The zero-order valence-electron chi connectivity index (χ0n) is 20.0. The Morgan fingerprint density at radius 1 is 1.11 bits per heavy atom. The Bertz CT molecular complexity index is 1470. The van der Waals surface area contributed by atoms with Crippen LogP contribution in [0.15, 0.2) is 64.0 Å². The summed E-state index contributed by atoms with van der Waals surface area (Å²) in [4.78, 5) is 21.7. The van der Waals surface area contributed by atoms with Crippen molar-refractivity contribution in [1.82, 2.24) is 15.2 Å². The standard InChI is InChI=1S/C25H21F3N6O3S/c1-36-13-7-12-17-19(31-23(38-17)25(26,27)28)22-33-34-24(37-22)32-20-21(35)29-16-11-6-5-10-15(16)18(30-20)14-8-3-2-4-9-14/h2-6,8-11,20H,7,12-13H2,1H3,(H,29,35)(H,32,34)/t20-/m1/s1. The van der Waals surface area contributed by atoms with Crippen molar-refractivity contribution in [3.05, 3.63) is 75.6 Å². The monoisotopic (exact) mass is 542 g/mol. The molecule has 0 spiro atoms. The van der Waals surface area contributed by atoms with E-state index in [2.05, 4.69) is 30.8 Å². The van der Waals surface area contributed by atoms with E-state index in [9.17, 15) is 18.0 Å². The number of nitrogens with one attached hydrogen (secondary N) is 2. The third-order valence-corrected chi connectivity index (χ3v) is 6.73. The number of aliphatic imine (C=N–C) groups is 1. The van der Waals surface area contributed by atoms with Gasteiger partial charge in [0.1, 0.15) is 5.69 Å². The summed E-state index contributed by atoms with van der Waals surface area (Å²) in [5.41, 5.74) is 2.61. The average molecular weight is 543 g/mol. The van der Waals surface area contributed by atoms with Crippen LogP contribution >= 0.6 is 11.3 Å². The smallest absolute Gasteiger partial charge is 0.402 e. The van der Waals surface area contributed by atoms with Crippen molar-refractivity contribution in [2.45, 2.75) is 25.2 Å². The van der Waals surface area contributed by atoms with Crippen LogP contribution in [0.5, 0.6) is 0 Å². The lowest BCUT2D eigenvalue weighted by Crippen LogP contribution is -2.32. The lowest BCUT2D eigenvalue weighted by molar-refractivity contribution is -0.137. The Morgan fingerprint density at radius 3 is 2.63 bits per heavy atom. The van der Waals surface area contributed by atoms with E-state index in [0.717, 1.165) is 11.1 Å². The fourth-order valence-corrected chi connectivity index (χ4v) is 4.82. The Morgan fingerprint density at radius 2 is 1.87 bits per heavy atom. The molecule has 2 N–H and O–H groups in total. The molecule has 1 aliphatic rings. The number of rotatable bonds is 8. The molecule has 196 valence electrons. The maximum Gasteiger partial charge on any atom is 0.443 e. The number of hydrogen-bond acceptors (Lipinski definition) is 9. The zero-order chi connectivity index (χ0) is 26.7. The summed E-state index contributed by atoms with van der Waals surface area (Å²) in [6.45, 7) is 0.371. The summed E-state index contributed by atoms with van der Waals surface area (Å²) in [7, 11) is 1.51. The molecule has 13 heteroatoms. The van der Waals surface area contributed by atoms with Crippen molar-refractivity contribution in [3.63, 3.8) is 0 Å². The number of halogens is 3. The molecule has 2 aromatic carbocycles. The Labute approximate surface area is 218 Å². The minimum Gasteiger partial charge on any atom is -0.402 e. The normalized spacial score (nSPS) is 15.4. The molecule has 0 unspecified atom stereocenters. The van der Waals surface area contributed by atoms with Crippen LogP contribution in [0.4, 0.5) is 24.9 Å². The minimum atomic E-state index is -4.62. The lowest BCUT2D eigenvalue weighted by atomic mass is 10.0. The number of benzene rings is 2. The van der Waals surface area contributed by atoms with E-state index in [1.54, 1.807) is 12.1 Å². The Kier molecular flexibility index (Phi) is 7.20. The Balaban J connectivity index is 1.46. The molecule has 5 rings (SSSR count). The van der Waals surface area contributed by atoms with E-state index >= 15 is 0 Å². The van der Waals surface area contributed by atoms with Crippen molar-refractivity contribution in [2.24, 2.45) is 4.99 Å². The number of benzodiazepines with no additional fused rings is 1. The third kappa shape index (κ3) is 5.43. The van der Waals surface area contributed by atoms with Crippen LogP contribution in [-0.2, 0) is 22.1 Å². The summed E-state index contributed by atoms with van der Waals surface area (Å²) in [6.07, 6.45) is -5.00. The predicted molar refractivity (Wildman–Crippen MR) is 135 cm³/mol. The van der Waals surface area contributed by atoms with E-state index in [1.165, 1.54) is 7.11 Å². The van der Waals surface area contributed by atoms with Gasteiger partial charge in [0.15, 0.2) is 5.01 Å². The predicted octanol–water partition coefficient (Wildman–Crippen LogP) is 5.02. The molecule has 0 fully saturated rings. The van der Waals surface area contributed by atoms with Crippen molar-refractivity contribution in [3.8, 4) is 11.6 Å².